The zero-order chi connectivity index (χ0) is 12.1. The van der Waals surface area contributed by atoms with Gasteiger partial charge in [0.2, 0.25) is 0 Å². The summed E-state index contributed by atoms with van der Waals surface area (Å²) in [4.78, 5) is 2.43. The van der Waals surface area contributed by atoms with E-state index in [1.54, 1.807) is 18.0 Å². The quantitative estimate of drug-likeness (QED) is 0.868. The molecule has 2 nitrogen and oxygen atoms in total. The van der Waals surface area contributed by atoms with E-state index < -0.39 is 0 Å². The van der Waals surface area contributed by atoms with Gasteiger partial charge in [0.05, 0.1) is 11.2 Å². The molecule has 2 rings (SSSR count). The maximum Gasteiger partial charge on any atom is 0.114 e. The van der Waals surface area contributed by atoms with E-state index in [0.717, 1.165) is 18.8 Å². The van der Waals surface area contributed by atoms with E-state index in [-0.39, 0.29) is 0 Å². The van der Waals surface area contributed by atoms with E-state index in [4.69, 9.17) is 4.42 Å². The van der Waals surface area contributed by atoms with Crippen molar-refractivity contribution in [3.8, 4) is 0 Å². The highest BCUT2D eigenvalue weighted by molar-refractivity contribution is 7.99. The molecule has 0 atom stereocenters. The molecule has 0 amide bonds. The predicted octanol–water partition coefficient (Wildman–Crippen LogP) is 3.85. The fraction of sp³-hybridized carbons (Fsp3) is 0.286. The number of nitrogens with one attached hydrogen (secondary N) is 1. The molecule has 1 heterocycles. The first-order chi connectivity index (χ1) is 8.29. The highest BCUT2D eigenvalue weighted by atomic mass is 32.2. The zero-order valence-electron chi connectivity index (χ0n) is 10.2. The first-order valence-corrected chi connectivity index (χ1v) is 6.63. The van der Waals surface area contributed by atoms with Crippen molar-refractivity contribution in [3.63, 3.8) is 0 Å². The van der Waals surface area contributed by atoms with E-state index in [9.17, 15) is 0 Å². The van der Waals surface area contributed by atoms with Crippen LogP contribution in [0.4, 0.5) is 0 Å². The van der Waals surface area contributed by atoms with Crippen molar-refractivity contribution in [1.29, 1.82) is 0 Å². The minimum absolute atomic E-state index is 0.937. The summed E-state index contributed by atoms with van der Waals surface area (Å²) in [7, 11) is 0. The smallest absolute Gasteiger partial charge is 0.114 e. The third-order valence-electron chi connectivity index (χ3n) is 2.54. The second kappa shape index (κ2) is 5.94. The lowest BCUT2D eigenvalue weighted by molar-refractivity contribution is 0.527. The molecule has 0 spiro atoms. The van der Waals surface area contributed by atoms with Gasteiger partial charge in [-0.1, -0.05) is 30.8 Å². The van der Waals surface area contributed by atoms with Crippen molar-refractivity contribution in [2.45, 2.75) is 30.2 Å². The SMILES string of the molecule is CCNCc1ccc(Sc2ccoc2C)cc1. The summed E-state index contributed by atoms with van der Waals surface area (Å²) >= 11 is 1.74. The molecule has 0 aliphatic carbocycles. The molecule has 1 aromatic carbocycles. The Morgan fingerprint density at radius 2 is 1.94 bits per heavy atom. The first kappa shape index (κ1) is 12.3. The molecule has 0 unspecified atom stereocenters. The third-order valence-corrected chi connectivity index (χ3v) is 3.69. The van der Waals surface area contributed by atoms with Gasteiger partial charge in [-0.3, -0.25) is 0 Å². The summed E-state index contributed by atoms with van der Waals surface area (Å²) < 4.78 is 5.28. The fourth-order valence-electron chi connectivity index (χ4n) is 1.55. The number of benzene rings is 1. The molecule has 1 N–H and O–H groups in total. The van der Waals surface area contributed by atoms with Crippen LogP contribution in [0, 0.1) is 6.92 Å². The highest BCUT2D eigenvalue weighted by Gasteiger charge is 2.03. The van der Waals surface area contributed by atoms with Crippen LogP contribution in [0.1, 0.15) is 18.2 Å². The van der Waals surface area contributed by atoms with E-state index in [1.165, 1.54) is 15.4 Å². The highest BCUT2D eigenvalue weighted by Crippen LogP contribution is 2.30. The molecular formula is C14H17NOS. The van der Waals surface area contributed by atoms with Crippen molar-refractivity contribution >= 4 is 11.8 Å². The number of furan rings is 1. The van der Waals surface area contributed by atoms with Gasteiger partial charge in [0.25, 0.3) is 0 Å². The lowest BCUT2D eigenvalue weighted by Crippen LogP contribution is -2.11. The maximum atomic E-state index is 5.28. The van der Waals surface area contributed by atoms with Crippen LogP contribution in [0.2, 0.25) is 0 Å². The lowest BCUT2D eigenvalue weighted by Gasteiger charge is -2.04. The second-order valence-corrected chi connectivity index (χ2v) is 4.98. The molecule has 1 aromatic heterocycles. The second-order valence-electron chi connectivity index (χ2n) is 3.87. The van der Waals surface area contributed by atoms with E-state index in [0.29, 0.717) is 0 Å². The Morgan fingerprint density at radius 3 is 2.53 bits per heavy atom. The molecule has 0 fully saturated rings. The molecule has 3 heteroatoms. The Labute approximate surface area is 106 Å². The first-order valence-electron chi connectivity index (χ1n) is 5.81. The van der Waals surface area contributed by atoms with Crippen LogP contribution in [0.5, 0.6) is 0 Å². The van der Waals surface area contributed by atoms with Gasteiger partial charge in [-0.15, -0.1) is 0 Å². The van der Waals surface area contributed by atoms with Crippen LogP contribution in [0.3, 0.4) is 0 Å². The van der Waals surface area contributed by atoms with E-state index >= 15 is 0 Å². The van der Waals surface area contributed by atoms with Crippen molar-refractivity contribution in [2.24, 2.45) is 0 Å². The molecule has 0 saturated carbocycles. The van der Waals surface area contributed by atoms with Crippen molar-refractivity contribution in [2.75, 3.05) is 6.54 Å². The molecule has 17 heavy (non-hydrogen) atoms. The predicted molar refractivity (Wildman–Crippen MR) is 71.4 cm³/mol. The van der Waals surface area contributed by atoms with Crippen LogP contribution in [-0.4, -0.2) is 6.54 Å². The number of hydrogen-bond donors (Lipinski definition) is 1. The minimum Gasteiger partial charge on any atom is -0.468 e. The average molecular weight is 247 g/mol. The maximum absolute atomic E-state index is 5.28. The Morgan fingerprint density at radius 1 is 1.18 bits per heavy atom. The summed E-state index contributed by atoms with van der Waals surface area (Å²) in [5.41, 5.74) is 1.32. The molecule has 0 aliphatic heterocycles. The van der Waals surface area contributed by atoms with Crippen LogP contribution < -0.4 is 5.32 Å². The summed E-state index contributed by atoms with van der Waals surface area (Å²) in [6, 6.07) is 10.7. The van der Waals surface area contributed by atoms with Gasteiger partial charge in [-0.2, -0.15) is 0 Å². The van der Waals surface area contributed by atoms with E-state index in [2.05, 4.69) is 36.5 Å². The lowest BCUT2D eigenvalue weighted by atomic mass is 10.2. The van der Waals surface area contributed by atoms with Crippen LogP contribution in [0.15, 0.2) is 50.8 Å². The monoisotopic (exact) mass is 247 g/mol. The topological polar surface area (TPSA) is 25.2 Å². The van der Waals surface area contributed by atoms with Crippen LogP contribution >= 0.6 is 11.8 Å². The van der Waals surface area contributed by atoms with Gasteiger partial charge >= 0.3 is 0 Å². The summed E-state index contributed by atoms with van der Waals surface area (Å²) in [6.45, 7) is 6.05. The number of hydrogen-bond acceptors (Lipinski definition) is 3. The average Bonchev–Trinajstić information content (AvgIpc) is 2.74. The molecule has 2 aromatic rings. The van der Waals surface area contributed by atoms with Crippen molar-refractivity contribution < 1.29 is 4.42 Å². The van der Waals surface area contributed by atoms with Gasteiger partial charge < -0.3 is 9.73 Å². The summed E-state index contributed by atoms with van der Waals surface area (Å²) in [5, 5.41) is 3.32. The Hall–Kier alpha value is -1.19. The summed E-state index contributed by atoms with van der Waals surface area (Å²) in [6.07, 6.45) is 1.73. The molecule has 0 saturated heterocycles. The molecule has 90 valence electrons. The van der Waals surface area contributed by atoms with Gasteiger partial charge in [0, 0.05) is 11.4 Å². The zero-order valence-corrected chi connectivity index (χ0v) is 11.0. The van der Waals surface area contributed by atoms with E-state index in [1.807, 2.05) is 13.0 Å². The largest absolute Gasteiger partial charge is 0.468 e. The van der Waals surface area contributed by atoms with Crippen LogP contribution in [0.25, 0.3) is 0 Å². The van der Waals surface area contributed by atoms with Crippen molar-refractivity contribution in [1.82, 2.24) is 5.32 Å². The van der Waals surface area contributed by atoms with Crippen molar-refractivity contribution in [3.05, 3.63) is 47.9 Å². The normalized spacial score (nSPS) is 10.7. The standard InChI is InChI=1S/C14H17NOS/c1-3-15-10-12-4-6-13(7-5-12)17-14-8-9-16-11(14)2/h4-9,15H,3,10H2,1-2H3. The molecule has 0 bridgehead atoms. The van der Waals surface area contributed by atoms with Gasteiger partial charge in [0.1, 0.15) is 5.76 Å². The van der Waals surface area contributed by atoms with Gasteiger partial charge in [-0.05, 0) is 37.2 Å². The Bertz CT molecular complexity index is 461. The fourth-order valence-corrected chi connectivity index (χ4v) is 2.39. The van der Waals surface area contributed by atoms with Gasteiger partial charge in [-0.25, -0.2) is 0 Å². The summed E-state index contributed by atoms with van der Waals surface area (Å²) in [5.74, 6) is 0.978. The molecule has 0 radical (unpaired) electrons. The minimum atomic E-state index is 0.937. The number of rotatable bonds is 5. The Kier molecular flexibility index (Phi) is 4.29. The molecular weight excluding hydrogens is 230 g/mol. The van der Waals surface area contributed by atoms with Crippen LogP contribution in [-0.2, 0) is 6.54 Å². The van der Waals surface area contributed by atoms with Gasteiger partial charge in [0.15, 0.2) is 0 Å². The third kappa shape index (κ3) is 3.38. The Balaban J connectivity index is 2.01. The number of aryl methyl sites for hydroxylation is 1. The molecule has 0 aliphatic rings.